The fourth-order valence-electron chi connectivity index (χ4n) is 3.19. The number of benzene rings is 2. The molecule has 0 bridgehead atoms. The van der Waals surface area contributed by atoms with Crippen LogP contribution in [0.15, 0.2) is 69.0 Å². The van der Waals surface area contributed by atoms with Gasteiger partial charge in [0.15, 0.2) is 5.69 Å². The topological polar surface area (TPSA) is 132 Å². The second kappa shape index (κ2) is 10.8. The Morgan fingerprint density at radius 2 is 1.76 bits per heavy atom. The summed E-state index contributed by atoms with van der Waals surface area (Å²) in [6.07, 6.45) is 0.766. The molecule has 2 aromatic carbocycles. The third-order valence-corrected chi connectivity index (χ3v) is 5.59. The molecule has 34 heavy (non-hydrogen) atoms. The predicted molar refractivity (Wildman–Crippen MR) is 127 cm³/mol. The lowest BCUT2D eigenvalue weighted by Gasteiger charge is -2.09. The summed E-state index contributed by atoms with van der Waals surface area (Å²) in [5, 5.41) is 18.6. The molecule has 0 aliphatic heterocycles. The van der Waals surface area contributed by atoms with E-state index in [0.29, 0.717) is 23.0 Å². The highest BCUT2D eigenvalue weighted by Crippen LogP contribution is 2.26. The van der Waals surface area contributed by atoms with Crippen LogP contribution >= 0.6 is 11.8 Å². The molecule has 0 atom stereocenters. The Morgan fingerprint density at radius 3 is 2.53 bits per heavy atom. The van der Waals surface area contributed by atoms with Gasteiger partial charge in [0.2, 0.25) is 5.91 Å². The van der Waals surface area contributed by atoms with Gasteiger partial charge in [0, 0.05) is 11.9 Å². The van der Waals surface area contributed by atoms with Crippen LogP contribution in [0.5, 0.6) is 0 Å². The minimum Gasteiger partial charge on any atom is -0.409 e. The summed E-state index contributed by atoms with van der Waals surface area (Å²) < 4.78 is 7.09. The standard InChI is InChI=1S/C23H22N6O4S/c1-2-12-24-22(32)25-18(30)14-34-23-27-26-20(33-23)19-16-10-6-7-11-17(16)21(31)29(28-19)13-15-8-4-3-5-9-15/h3-11H,2,12-14H2,1H3,(H2,24,25,30,32). The molecule has 0 unspecified atom stereocenters. The van der Waals surface area contributed by atoms with Crippen LogP contribution in [0.3, 0.4) is 0 Å². The smallest absolute Gasteiger partial charge is 0.321 e. The zero-order valence-corrected chi connectivity index (χ0v) is 19.2. The number of carbonyl (C=O) groups excluding carboxylic acids is 2. The van der Waals surface area contributed by atoms with E-state index in [0.717, 1.165) is 23.7 Å². The summed E-state index contributed by atoms with van der Waals surface area (Å²) in [5.41, 5.74) is 1.07. The molecule has 0 saturated carbocycles. The lowest BCUT2D eigenvalue weighted by molar-refractivity contribution is -0.117. The molecule has 2 N–H and O–H groups in total. The van der Waals surface area contributed by atoms with Crippen LogP contribution in [-0.2, 0) is 11.3 Å². The average Bonchev–Trinajstić information content (AvgIpc) is 3.33. The molecule has 4 rings (SSSR count). The van der Waals surface area contributed by atoms with Gasteiger partial charge in [0.05, 0.1) is 17.7 Å². The number of hydrogen-bond donors (Lipinski definition) is 2. The van der Waals surface area contributed by atoms with Gasteiger partial charge in [-0.25, -0.2) is 9.48 Å². The number of carbonyl (C=O) groups is 2. The van der Waals surface area contributed by atoms with Crippen LogP contribution in [0, 0.1) is 0 Å². The van der Waals surface area contributed by atoms with Crippen LogP contribution in [-0.4, -0.2) is 44.2 Å². The maximum atomic E-state index is 13.0. The Kier molecular flexibility index (Phi) is 7.33. The minimum absolute atomic E-state index is 0.0805. The first-order chi connectivity index (χ1) is 16.5. The molecule has 0 aliphatic carbocycles. The zero-order valence-electron chi connectivity index (χ0n) is 18.4. The van der Waals surface area contributed by atoms with Crippen molar-refractivity contribution < 1.29 is 14.0 Å². The molecule has 0 spiro atoms. The van der Waals surface area contributed by atoms with Gasteiger partial charge in [-0.3, -0.25) is 14.9 Å². The van der Waals surface area contributed by atoms with Crippen LogP contribution in [0.4, 0.5) is 4.79 Å². The van der Waals surface area contributed by atoms with Gasteiger partial charge in [0.1, 0.15) is 0 Å². The molecule has 4 aromatic rings. The van der Waals surface area contributed by atoms with Gasteiger partial charge >= 0.3 is 6.03 Å². The Bertz CT molecular complexity index is 1370. The van der Waals surface area contributed by atoms with Crippen LogP contribution in [0.2, 0.25) is 0 Å². The molecule has 0 saturated heterocycles. The fourth-order valence-corrected chi connectivity index (χ4v) is 3.76. The molecule has 10 nitrogen and oxygen atoms in total. The maximum absolute atomic E-state index is 13.0. The molecule has 2 aromatic heterocycles. The molecule has 3 amide bonds. The molecule has 0 aliphatic rings. The highest BCUT2D eigenvalue weighted by molar-refractivity contribution is 7.99. The number of hydrogen-bond acceptors (Lipinski definition) is 8. The second-order valence-corrected chi connectivity index (χ2v) is 8.24. The van der Waals surface area contributed by atoms with Crippen molar-refractivity contribution in [1.82, 2.24) is 30.6 Å². The number of fused-ring (bicyclic) bond motifs is 1. The molecule has 2 heterocycles. The quantitative estimate of drug-likeness (QED) is 0.370. The van der Waals surface area contributed by atoms with Gasteiger partial charge in [-0.05, 0) is 18.1 Å². The Hall–Kier alpha value is -3.99. The summed E-state index contributed by atoms with van der Waals surface area (Å²) in [7, 11) is 0. The number of amides is 3. The molecular formula is C23H22N6O4S. The van der Waals surface area contributed by atoms with Crippen LogP contribution in [0.1, 0.15) is 18.9 Å². The van der Waals surface area contributed by atoms with Gasteiger partial charge in [-0.2, -0.15) is 5.10 Å². The lowest BCUT2D eigenvalue weighted by Crippen LogP contribution is -2.40. The van der Waals surface area contributed by atoms with Crippen LogP contribution in [0.25, 0.3) is 22.4 Å². The first-order valence-corrected chi connectivity index (χ1v) is 11.6. The third kappa shape index (κ3) is 5.49. The number of aromatic nitrogens is 4. The van der Waals surface area contributed by atoms with Crippen molar-refractivity contribution in [2.45, 2.75) is 25.1 Å². The van der Waals surface area contributed by atoms with Gasteiger partial charge < -0.3 is 9.73 Å². The van der Waals surface area contributed by atoms with Crippen molar-refractivity contribution in [2.24, 2.45) is 0 Å². The van der Waals surface area contributed by atoms with E-state index in [9.17, 15) is 14.4 Å². The third-order valence-electron chi connectivity index (χ3n) is 4.77. The first-order valence-electron chi connectivity index (χ1n) is 10.6. The molecule has 11 heteroatoms. The Labute approximate surface area is 198 Å². The SMILES string of the molecule is CCCNC(=O)NC(=O)CSc1nnc(-c2nn(Cc3ccccc3)c(=O)c3ccccc23)o1. The van der Waals surface area contributed by atoms with E-state index in [1.807, 2.05) is 37.3 Å². The summed E-state index contributed by atoms with van der Waals surface area (Å²) in [5.74, 6) is -0.442. The molecule has 0 fully saturated rings. The average molecular weight is 479 g/mol. The van der Waals surface area contributed by atoms with Crippen molar-refractivity contribution in [2.75, 3.05) is 12.3 Å². The van der Waals surface area contributed by atoms with E-state index in [1.165, 1.54) is 4.68 Å². The number of thioether (sulfide) groups is 1. The highest BCUT2D eigenvalue weighted by Gasteiger charge is 2.18. The van der Waals surface area contributed by atoms with Gasteiger partial charge in [-0.15, -0.1) is 10.2 Å². The number of rotatable bonds is 8. The van der Waals surface area contributed by atoms with E-state index < -0.39 is 11.9 Å². The number of urea groups is 1. The van der Waals surface area contributed by atoms with E-state index in [4.69, 9.17) is 4.42 Å². The van der Waals surface area contributed by atoms with Crippen molar-refractivity contribution in [3.05, 3.63) is 70.5 Å². The minimum atomic E-state index is -0.546. The van der Waals surface area contributed by atoms with Crippen molar-refractivity contribution in [1.29, 1.82) is 0 Å². The van der Waals surface area contributed by atoms with E-state index in [1.54, 1.807) is 24.3 Å². The van der Waals surface area contributed by atoms with E-state index in [-0.39, 0.29) is 29.0 Å². The molecule has 0 radical (unpaired) electrons. The summed E-state index contributed by atoms with van der Waals surface area (Å²) in [4.78, 5) is 36.6. The highest BCUT2D eigenvalue weighted by atomic mass is 32.2. The van der Waals surface area contributed by atoms with Crippen molar-refractivity contribution in [3.63, 3.8) is 0 Å². The lowest BCUT2D eigenvalue weighted by atomic mass is 10.1. The zero-order chi connectivity index (χ0) is 23.9. The normalized spacial score (nSPS) is 10.9. The monoisotopic (exact) mass is 478 g/mol. The van der Waals surface area contributed by atoms with Crippen LogP contribution < -0.4 is 16.2 Å². The van der Waals surface area contributed by atoms with Gasteiger partial charge in [-0.1, -0.05) is 67.2 Å². The van der Waals surface area contributed by atoms with E-state index >= 15 is 0 Å². The molecular weight excluding hydrogens is 456 g/mol. The Morgan fingerprint density at radius 1 is 1.03 bits per heavy atom. The summed E-state index contributed by atoms with van der Waals surface area (Å²) in [6, 6.07) is 16.1. The molecule has 174 valence electrons. The summed E-state index contributed by atoms with van der Waals surface area (Å²) in [6.45, 7) is 2.68. The summed E-state index contributed by atoms with van der Waals surface area (Å²) >= 11 is 0.997. The fraction of sp³-hybridized carbons (Fsp3) is 0.217. The maximum Gasteiger partial charge on any atom is 0.321 e. The van der Waals surface area contributed by atoms with Crippen molar-refractivity contribution in [3.8, 4) is 11.6 Å². The largest absolute Gasteiger partial charge is 0.409 e. The van der Waals surface area contributed by atoms with Crippen molar-refractivity contribution >= 4 is 34.5 Å². The Balaban J connectivity index is 1.56. The number of imide groups is 1. The second-order valence-electron chi connectivity index (χ2n) is 7.31. The first kappa shape index (κ1) is 23.2. The van der Waals surface area contributed by atoms with E-state index in [2.05, 4.69) is 25.9 Å². The van der Waals surface area contributed by atoms with Gasteiger partial charge in [0.25, 0.3) is 16.7 Å². The number of nitrogens with zero attached hydrogens (tertiary/aromatic N) is 4. The predicted octanol–water partition coefficient (Wildman–Crippen LogP) is 2.82. The number of nitrogens with one attached hydrogen (secondary N) is 2.